The fourth-order valence-electron chi connectivity index (χ4n) is 1.29. The summed E-state index contributed by atoms with van der Waals surface area (Å²) in [6, 6.07) is 9.49. The molecule has 1 unspecified atom stereocenters. The molecule has 98 valence electrons. The molecule has 1 aromatic rings. The molecule has 0 aromatic heterocycles. The van der Waals surface area contributed by atoms with E-state index in [4.69, 9.17) is 0 Å². The lowest BCUT2D eigenvalue weighted by Gasteiger charge is -2.11. The number of nitrogens with one attached hydrogen (secondary N) is 2. The molecule has 0 aliphatic heterocycles. The third-order valence-corrected chi connectivity index (χ3v) is 3.50. The van der Waals surface area contributed by atoms with Crippen LogP contribution in [0.4, 0.5) is 4.79 Å². The zero-order valence-corrected chi connectivity index (χ0v) is 11.4. The van der Waals surface area contributed by atoms with Gasteiger partial charge in [0.2, 0.25) is 5.91 Å². The van der Waals surface area contributed by atoms with Crippen LogP contribution >= 0.6 is 11.8 Å². The van der Waals surface area contributed by atoms with E-state index in [0.717, 1.165) is 5.75 Å². The summed E-state index contributed by atoms with van der Waals surface area (Å²) >= 11 is 1.51. The van der Waals surface area contributed by atoms with Gasteiger partial charge in [-0.2, -0.15) is 0 Å². The Morgan fingerprint density at radius 1 is 1.28 bits per heavy atom. The second-order valence-corrected chi connectivity index (χ2v) is 5.12. The first-order valence-corrected chi connectivity index (χ1v) is 6.92. The molecule has 0 saturated carbocycles. The van der Waals surface area contributed by atoms with Gasteiger partial charge in [-0.25, -0.2) is 4.79 Å². The first-order valence-electron chi connectivity index (χ1n) is 5.87. The van der Waals surface area contributed by atoms with E-state index >= 15 is 0 Å². The van der Waals surface area contributed by atoms with E-state index < -0.39 is 6.03 Å². The van der Waals surface area contributed by atoms with E-state index in [-0.39, 0.29) is 11.2 Å². The van der Waals surface area contributed by atoms with E-state index in [0.29, 0.717) is 6.54 Å². The van der Waals surface area contributed by atoms with Crippen molar-refractivity contribution in [3.63, 3.8) is 0 Å². The summed E-state index contributed by atoms with van der Waals surface area (Å²) in [5.41, 5.74) is 1.17. The Labute approximate surface area is 112 Å². The van der Waals surface area contributed by atoms with Gasteiger partial charge in [0.25, 0.3) is 0 Å². The van der Waals surface area contributed by atoms with E-state index in [2.05, 4.69) is 10.6 Å². The molecule has 1 atom stereocenters. The molecular weight excluding hydrogens is 248 g/mol. The SMILES string of the molecule is CCNC(=O)NC(=O)C(C)SCc1ccccc1. The number of amides is 3. The van der Waals surface area contributed by atoms with Gasteiger partial charge in [0.1, 0.15) is 0 Å². The smallest absolute Gasteiger partial charge is 0.321 e. The molecule has 0 bridgehead atoms. The average molecular weight is 266 g/mol. The number of carbonyl (C=O) groups is 2. The summed E-state index contributed by atoms with van der Waals surface area (Å²) in [7, 11) is 0. The predicted molar refractivity (Wildman–Crippen MR) is 74.4 cm³/mol. The fraction of sp³-hybridized carbons (Fsp3) is 0.385. The van der Waals surface area contributed by atoms with Gasteiger partial charge in [-0.15, -0.1) is 11.8 Å². The molecule has 0 spiro atoms. The number of benzene rings is 1. The largest absolute Gasteiger partial charge is 0.338 e. The van der Waals surface area contributed by atoms with Gasteiger partial charge in [0, 0.05) is 12.3 Å². The maximum absolute atomic E-state index is 11.7. The molecule has 0 saturated heterocycles. The first-order chi connectivity index (χ1) is 8.63. The minimum Gasteiger partial charge on any atom is -0.338 e. The molecule has 0 heterocycles. The highest BCUT2D eigenvalue weighted by molar-refractivity contribution is 7.99. The van der Waals surface area contributed by atoms with Crippen LogP contribution in [0.2, 0.25) is 0 Å². The van der Waals surface area contributed by atoms with Crippen LogP contribution in [0.5, 0.6) is 0 Å². The second kappa shape index (κ2) is 7.76. The predicted octanol–water partition coefficient (Wildman–Crippen LogP) is 2.15. The Kier molecular flexibility index (Phi) is 6.28. The quantitative estimate of drug-likeness (QED) is 0.858. The van der Waals surface area contributed by atoms with E-state index in [1.807, 2.05) is 30.3 Å². The van der Waals surface area contributed by atoms with Crippen molar-refractivity contribution in [1.29, 1.82) is 0 Å². The molecule has 18 heavy (non-hydrogen) atoms. The maximum atomic E-state index is 11.7. The normalized spacial score (nSPS) is 11.7. The molecular formula is C13H18N2O2S. The fourth-order valence-corrected chi connectivity index (χ4v) is 2.13. The van der Waals surface area contributed by atoms with Crippen LogP contribution < -0.4 is 10.6 Å². The highest BCUT2D eigenvalue weighted by Gasteiger charge is 2.15. The average Bonchev–Trinajstić information content (AvgIpc) is 2.37. The van der Waals surface area contributed by atoms with Crippen LogP contribution in [0.1, 0.15) is 19.4 Å². The topological polar surface area (TPSA) is 58.2 Å². The van der Waals surface area contributed by atoms with Crippen LogP contribution in [0.15, 0.2) is 30.3 Å². The van der Waals surface area contributed by atoms with Crippen molar-refractivity contribution in [2.45, 2.75) is 24.9 Å². The summed E-state index contributed by atoms with van der Waals surface area (Å²) in [5, 5.41) is 4.58. The zero-order chi connectivity index (χ0) is 13.4. The van der Waals surface area contributed by atoms with E-state index in [9.17, 15) is 9.59 Å². The summed E-state index contributed by atoms with van der Waals surface area (Å²) in [5.74, 6) is 0.493. The van der Waals surface area contributed by atoms with Gasteiger partial charge in [-0.3, -0.25) is 10.1 Å². The number of hydrogen-bond donors (Lipinski definition) is 2. The van der Waals surface area contributed by atoms with Gasteiger partial charge in [0.15, 0.2) is 0 Å². The standard InChI is InChI=1S/C13H18N2O2S/c1-3-14-13(17)15-12(16)10(2)18-9-11-7-5-4-6-8-11/h4-8,10H,3,9H2,1-2H3,(H2,14,15,16,17). The van der Waals surface area contributed by atoms with Gasteiger partial charge in [-0.1, -0.05) is 30.3 Å². The van der Waals surface area contributed by atoms with Crippen LogP contribution in [0.25, 0.3) is 0 Å². The number of rotatable bonds is 5. The van der Waals surface area contributed by atoms with Gasteiger partial charge >= 0.3 is 6.03 Å². The summed E-state index contributed by atoms with van der Waals surface area (Å²) in [6.45, 7) is 4.10. The highest BCUT2D eigenvalue weighted by Crippen LogP contribution is 2.17. The van der Waals surface area contributed by atoms with Crippen LogP contribution in [-0.2, 0) is 10.5 Å². The van der Waals surface area contributed by atoms with Crippen LogP contribution in [0.3, 0.4) is 0 Å². The van der Waals surface area contributed by atoms with Crippen LogP contribution in [0, 0.1) is 0 Å². The summed E-state index contributed by atoms with van der Waals surface area (Å²) < 4.78 is 0. The van der Waals surface area contributed by atoms with E-state index in [1.54, 1.807) is 13.8 Å². The summed E-state index contributed by atoms with van der Waals surface area (Å²) in [4.78, 5) is 22.8. The number of carbonyl (C=O) groups excluding carboxylic acids is 2. The lowest BCUT2D eigenvalue weighted by Crippen LogP contribution is -2.42. The maximum Gasteiger partial charge on any atom is 0.321 e. The molecule has 0 radical (unpaired) electrons. The van der Waals surface area contributed by atoms with Crippen molar-refractivity contribution in [1.82, 2.24) is 10.6 Å². The lowest BCUT2D eigenvalue weighted by molar-refractivity contribution is -0.119. The molecule has 2 N–H and O–H groups in total. The molecule has 0 aliphatic rings. The van der Waals surface area contributed by atoms with Crippen molar-refractivity contribution in [2.75, 3.05) is 6.54 Å². The first kappa shape index (κ1) is 14.6. The third-order valence-electron chi connectivity index (χ3n) is 2.29. The Morgan fingerprint density at radius 2 is 1.94 bits per heavy atom. The summed E-state index contributed by atoms with van der Waals surface area (Å²) in [6.07, 6.45) is 0. The Bertz CT molecular complexity index is 395. The molecule has 4 nitrogen and oxygen atoms in total. The van der Waals surface area contributed by atoms with Gasteiger partial charge in [0.05, 0.1) is 5.25 Å². The van der Waals surface area contributed by atoms with Gasteiger partial charge < -0.3 is 5.32 Å². The molecule has 1 aromatic carbocycles. The Balaban J connectivity index is 2.34. The lowest BCUT2D eigenvalue weighted by atomic mass is 10.2. The number of thioether (sulfide) groups is 1. The van der Waals surface area contributed by atoms with Crippen molar-refractivity contribution in [3.05, 3.63) is 35.9 Å². The van der Waals surface area contributed by atoms with Crippen molar-refractivity contribution >= 4 is 23.7 Å². The molecule has 3 amide bonds. The highest BCUT2D eigenvalue weighted by atomic mass is 32.2. The number of urea groups is 1. The minimum absolute atomic E-state index is 0.257. The number of imide groups is 1. The van der Waals surface area contributed by atoms with E-state index in [1.165, 1.54) is 17.3 Å². The van der Waals surface area contributed by atoms with Crippen LogP contribution in [-0.4, -0.2) is 23.7 Å². The van der Waals surface area contributed by atoms with Crippen molar-refractivity contribution in [3.8, 4) is 0 Å². The molecule has 5 heteroatoms. The number of hydrogen-bond acceptors (Lipinski definition) is 3. The second-order valence-electron chi connectivity index (χ2n) is 3.79. The Hall–Kier alpha value is -1.49. The Morgan fingerprint density at radius 3 is 2.56 bits per heavy atom. The molecule has 0 aliphatic carbocycles. The molecule has 1 rings (SSSR count). The minimum atomic E-state index is -0.435. The zero-order valence-electron chi connectivity index (χ0n) is 10.6. The third kappa shape index (κ3) is 5.23. The molecule has 0 fully saturated rings. The van der Waals surface area contributed by atoms with Crippen molar-refractivity contribution in [2.24, 2.45) is 0 Å². The van der Waals surface area contributed by atoms with Crippen molar-refractivity contribution < 1.29 is 9.59 Å². The monoisotopic (exact) mass is 266 g/mol. The van der Waals surface area contributed by atoms with Gasteiger partial charge in [-0.05, 0) is 19.4 Å².